The van der Waals surface area contributed by atoms with Gasteiger partial charge in [0.1, 0.15) is 12.4 Å². The van der Waals surface area contributed by atoms with Crippen LogP contribution in [0.3, 0.4) is 0 Å². The molecule has 0 aliphatic carbocycles. The lowest BCUT2D eigenvalue weighted by atomic mass is 9.78. The van der Waals surface area contributed by atoms with Gasteiger partial charge in [-0.25, -0.2) is 0 Å². The minimum absolute atomic E-state index is 0.264. The fourth-order valence-electron chi connectivity index (χ4n) is 2.22. The van der Waals surface area contributed by atoms with E-state index in [9.17, 15) is 0 Å². The number of ether oxygens (including phenoxy) is 1. The molecule has 2 aliphatic rings. The van der Waals surface area contributed by atoms with Gasteiger partial charge in [-0.05, 0) is 6.07 Å². The van der Waals surface area contributed by atoms with Gasteiger partial charge in [0, 0.05) is 22.6 Å². The van der Waals surface area contributed by atoms with Gasteiger partial charge in [-0.3, -0.25) is 0 Å². The van der Waals surface area contributed by atoms with Crippen molar-refractivity contribution in [2.24, 2.45) is 5.73 Å². The molecule has 90 valence electrons. The lowest BCUT2D eigenvalue weighted by Gasteiger charge is -2.14. The minimum Gasteiger partial charge on any atom is -0.490 e. The molecule has 2 N–H and O–H groups in total. The highest BCUT2D eigenvalue weighted by Crippen LogP contribution is 2.38. The summed E-state index contributed by atoms with van der Waals surface area (Å²) in [4.78, 5) is 0. The van der Waals surface area contributed by atoms with E-state index in [1.54, 1.807) is 6.07 Å². The average Bonchev–Trinajstić information content (AvgIpc) is 2.54. The molecule has 0 amide bonds. The van der Waals surface area contributed by atoms with Crippen molar-refractivity contribution >= 4 is 35.8 Å². The molecule has 0 aromatic heterocycles. The second-order valence-corrected chi connectivity index (χ2v) is 4.72. The molecule has 0 spiro atoms. The number of hydrogen-bond acceptors (Lipinski definition) is 4. The highest BCUT2D eigenvalue weighted by atomic mass is 35.5. The fraction of sp³-hybridized carbons (Fsp3) is 0.400. The monoisotopic (exact) mass is 273 g/mol. The van der Waals surface area contributed by atoms with Crippen molar-refractivity contribution in [1.29, 1.82) is 0 Å². The molecule has 0 fully saturated rings. The topological polar surface area (TPSA) is 53.7 Å². The Labute approximate surface area is 109 Å². The van der Waals surface area contributed by atoms with Gasteiger partial charge in [-0.2, -0.15) is 0 Å². The van der Waals surface area contributed by atoms with Crippen LogP contribution in [0.1, 0.15) is 11.7 Å². The SMILES string of the molecule is NCC1OB2OCCOc3c(Cl)cc(Cl)c1c32. The predicted molar refractivity (Wildman–Crippen MR) is 66.2 cm³/mol. The number of benzene rings is 1. The smallest absolute Gasteiger partial charge is 0.490 e. The summed E-state index contributed by atoms with van der Waals surface area (Å²) in [5.41, 5.74) is 7.29. The van der Waals surface area contributed by atoms with Crippen molar-refractivity contribution < 1.29 is 14.0 Å². The molecule has 7 heteroatoms. The van der Waals surface area contributed by atoms with Crippen LogP contribution in [0.4, 0.5) is 0 Å². The quantitative estimate of drug-likeness (QED) is 0.780. The Hall–Kier alpha value is -0.455. The van der Waals surface area contributed by atoms with Crippen LogP contribution >= 0.6 is 23.2 Å². The van der Waals surface area contributed by atoms with E-state index in [1.807, 2.05) is 0 Å². The Balaban J connectivity index is 2.23. The highest BCUT2D eigenvalue weighted by molar-refractivity contribution is 6.65. The summed E-state index contributed by atoms with van der Waals surface area (Å²) in [6, 6.07) is 1.66. The maximum Gasteiger partial charge on any atom is 0.498 e. The van der Waals surface area contributed by atoms with Gasteiger partial charge in [-0.15, -0.1) is 0 Å². The zero-order chi connectivity index (χ0) is 12.0. The molecule has 17 heavy (non-hydrogen) atoms. The van der Waals surface area contributed by atoms with Crippen molar-refractivity contribution in [2.45, 2.75) is 6.10 Å². The number of nitrogens with two attached hydrogens (primary N) is 1. The lowest BCUT2D eigenvalue weighted by molar-refractivity contribution is 0.148. The van der Waals surface area contributed by atoms with Crippen LogP contribution in [0.15, 0.2) is 6.07 Å². The summed E-state index contributed by atoms with van der Waals surface area (Å²) < 4.78 is 16.8. The number of hydrogen-bond donors (Lipinski definition) is 1. The fourth-order valence-corrected chi connectivity index (χ4v) is 2.88. The van der Waals surface area contributed by atoms with E-state index in [-0.39, 0.29) is 6.10 Å². The molecule has 4 nitrogen and oxygen atoms in total. The third-order valence-electron chi connectivity index (χ3n) is 2.92. The van der Waals surface area contributed by atoms with E-state index in [0.29, 0.717) is 35.6 Å². The first-order valence-electron chi connectivity index (χ1n) is 5.34. The summed E-state index contributed by atoms with van der Waals surface area (Å²) in [6.07, 6.45) is -0.264. The Morgan fingerprint density at radius 3 is 2.94 bits per heavy atom. The van der Waals surface area contributed by atoms with Gasteiger partial charge in [0.2, 0.25) is 0 Å². The molecule has 1 aromatic rings. The number of rotatable bonds is 1. The van der Waals surface area contributed by atoms with Gasteiger partial charge in [0.05, 0.1) is 17.7 Å². The molecule has 2 heterocycles. The summed E-state index contributed by atoms with van der Waals surface area (Å²) in [7, 11) is -0.479. The van der Waals surface area contributed by atoms with Crippen molar-refractivity contribution in [3.05, 3.63) is 21.7 Å². The van der Waals surface area contributed by atoms with E-state index in [1.165, 1.54) is 0 Å². The first kappa shape index (κ1) is 11.6. The van der Waals surface area contributed by atoms with Crippen LogP contribution in [0.25, 0.3) is 0 Å². The third-order valence-corrected chi connectivity index (χ3v) is 3.51. The second kappa shape index (κ2) is 4.33. The molecule has 1 atom stereocenters. The molecule has 1 unspecified atom stereocenters. The first-order chi connectivity index (χ1) is 8.22. The van der Waals surface area contributed by atoms with Crippen LogP contribution in [0.2, 0.25) is 10.0 Å². The maximum absolute atomic E-state index is 6.19. The number of halogens is 2. The van der Waals surface area contributed by atoms with Crippen molar-refractivity contribution in [3.8, 4) is 5.75 Å². The van der Waals surface area contributed by atoms with Gasteiger partial charge in [-0.1, -0.05) is 23.2 Å². The van der Waals surface area contributed by atoms with Crippen LogP contribution < -0.4 is 15.9 Å². The zero-order valence-corrected chi connectivity index (χ0v) is 10.4. The Kier molecular flexibility index (Phi) is 2.96. The van der Waals surface area contributed by atoms with Crippen LogP contribution in [-0.2, 0) is 9.31 Å². The molecular formula is C10H10BCl2NO3. The Morgan fingerprint density at radius 1 is 1.35 bits per heavy atom. The van der Waals surface area contributed by atoms with Gasteiger partial charge in [0.25, 0.3) is 0 Å². The van der Waals surface area contributed by atoms with E-state index in [2.05, 4.69) is 0 Å². The molecular weight excluding hydrogens is 264 g/mol. The van der Waals surface area contributed by atoms with Crippen LogP contribution in [0.5, 0.6) is 5.75 Å². The molecule has 2 aliphatic heterocycles. The molecule has 3 rings (SSSR count). The maximum atomic E-state index is 6.19. The molecule has 0 radical (unpaired) electrons. The van der Waals surface area contributed by atoms with Crippen LogP contribution in [0, 0.1) is 0 Å². The van der Waals surface area contributed by atoms with Crippen molar-refractivity contribution in [1.82, 2.24) is 0 Å². The van der Waals surface area contributed by atoms with Gasteiger partial charge >= 0.3 is 7.12 Å². The van der Waals surface area contributed by atoms with E-state index >= 15 is 0 Å². The Bertz CT molecular complexity index is 471. The first-order valence-corrected chi connectivity index (χ1v) is 6.09. The van der Waals surface area contributed by atoms with E-state index in [0.717, 1.165) is 11.0 Å². The molecule has 0 saturated carbocycles. The van der Waals surface area contributed by atoms with Gasteiger partial charge in [0.15, 0.2) is 0 Å². The van der Waals surface area contributed by atoms with Gasteiger partial charge < -0.3 is 19.8 Å². The lowest BCUT2D eigenvalue weighted by Crippen LogP contribution is -2.31. The van der Waals surface area contributed by atoms with Crippen molar-refractivity contribution in [3.63, 3.8) is 0 Å². The predicted octanol–water partition coefficient (Wildman–Crippen LogP) is 1.13. The standard InChI is InChI=1S/C10H10BCl2NO3/c12-5-3-6(13)10-9-8(5)7(4-14)17-11(9)16-2-1-15-10/h3,7H,1-2,4,14H2. The van der Waals surface area contributed by atoms with E-state index < -0.39 is 7.12 Å². The summed E-state index contributed by atoms with van der Waals surface area (Å²) in [5.74, 6) is 0.601. The summed E-state index contributed by atoms with van der Waals surface area (Å²) in [6.45, 7) is 1.23. The van der Waals surface area contributed by atoms with E-state index in [4.69, 9.17) is 43.0 Å². The molecule has 1 aromatic carbocycles. The average molecular weight is 274 g/mol. The highest BCUT2D eigenvalue weighted by Gasteiger charge is 2.43. The largest absolute Gasteiger partial charge is 0.498 e. The zero-order valence-electron chi connectivity index (χ0n) is 8.91. The minimum atomic E-state index is -0.479. The normalized spacial score (nSPS) is 22.1. The molecule has 0 saturated heterocycles. The summed E-state index contributed by atoms with van der Waals surface area (Å²) >= 11 is 12.3. The third kappa shape index (κ3) is 1.73. The summed E-state index contributed by atoms with van der Waals surface area (Å²) in [5, 5.41) is 1.02. The Morgan fingerprint density at radius 2 is 2.18 bits per heavy atom. The second-order valence-electron chi connectivity index (χ2n) is 3.91. The van der Waals surface area contributed by atoms with Crippen molar-refractivity contribution in [2.75, 3.05) is 19.8 Å². The van der Waals surface area contributed by atoms with Crippen LogP contribution in [-0.4, -0.2) is 26.9 Å². The molecule has 0 bridgehead atoms.